The summed E-state index contributed by atoms with van der Waals surface area (Å²) in [6.45, 7) is 4.57. The second-order valence-electron chi connectivity index (χ2n) is 7.14. The number of nitrogens with one attached hydrogen (secondary N) is 2. The van der Waals surface area contributed by atoms with Crippen molar-refractivity contribution in [1.82, 2.24) is 20.5 Å². The molecule has 0 bridgehead atoms. The van der Waals surface area contributed by atoms with Crippen molar-refractivity contribution < 1.29 is 4.74 Å². The van der Waals surface area contributed by atoms with Crippen molar-refractivity contribution >= 4 is 17.6 Å². The molecule has 2 fully saturated rings. The molecule has 142 valence electrons. The summed E-state index contributed by atoms with van der Waals surface area (Å²) in [6, 6.07) is 0. The molecular weight excluding hydrogens is 350 g/mol. The van der Waals surface area contributed by atoms with Crippen molar-refractivity contribution in [3.05, 3.63) is 28.3 Å². The van der Waals surface area contributed by atoms with Gasteiger partial charge in [0.25, 0.3) is 5.56 Å². The SMILES string of the molecule is O=c1[nH]c(C2CCNCC2SC2CC=CCC2)nnc1N1CCOCC1. The minimum Gasteiger partial charge on any atom is -0.378 e. The quantitative estimate of drug-likeness (QED) is 0.765. The third-order valence-corrected chi connectivity index (χ3v) is 7.03. The van der Waals surface area contributed by atoms with E-state index in [0.717, 1.165) is 31.8 Å². The summed E-state index contributed by atoms with van der Waals surface area (Å²) in [4.78, 5) is 17.6. The molecule has 3 aliphatic rings. The van der Waals surface area contributed by atoms with Crippen LogP contribution in [0.4, 0.5) is 5.82 Å². The Morgan fingerprint density at radius 1 is 1.19 bits per heavy atom. The summed E-state index contributed by atoms with van der Waals surface area (Å²) < 4.78 is 5.35. The van der Waals surface area contributed by atoms with Gasteiger partial charge in [0.2, 0.25) is 5.82 Å². The Morgan fingerprint density at radius 2 is 2.08 bits per heavy atom. The van der Waals surface area contributed by atoms with E-state index in [1.807, 2.05) is 4.90 Å². The van der Waals surface area contributed by atoms with Gasteiger partial charge in [0, 0.05) is 36.1 Å². The highest BCUT2D eigenvalue weighted by molar-refractivity contribution is 8.00. The first kappa shape index (κ1) is 18.0. The number of allylic oxidation sites excluding steroid dienone is 2. The number of thioether (sulfide) groups is 1. The molecule has 4 rings (SSSR count). The number of piperidine rings is 1. The molecule has 3 heterocycles. The van der Waals surface area contributed by atoms with Gasteiger partial charge in [-0.05, 0) is 32.2 Å². The van der Waals surface area contributed by atoms with Crippen LogP contribution in [0.3, 0.4) is 0 Å². The highest BCUT2D eigenvalue weighted by Crippen LogP contribution is 2.37. The van der Waals surface area contributed by atoms with Gasteiger partial charge < -0.3 is 19.9 Å². The number of morpholine rings is 1. The summed E-state index contributed by atoms with van der Waals surface area (Å²) in [5, 5.41) is 13.3. The molecule has 26 heavy (non-hydrogen) atoms. The smallest absolute Gasteiger partial charge is 0.294 e. The number of nitrogens with zero attached hydrogens (tertiary/aromatic N) is 3. The highest BCUT2D eigenvalue weighted by atomic mass is 32.2. The van der Waals surface area contributed by atoms with Gasteiger partial charge in [-0.3, -0.25) is 4.79 Å². The van der Waals surface area contributed by atoms with Crippen molar-refractivity contribution in [2.75, 3.05) is 44.3 Å². The van der Waals surface area contributed by atoms with Crippen LogP contribution in [0.2, 0.25) is 0 Å². The molecule has 2 aliphatic heterocycles. The van der Waals surface area contributed by atoms with E-state index in [4.69, 9.17) is 4.74 Å². The summed E-state index contributed by atoms with van der Waals surface area (Å²) in [6.07, 6.45) is 9.12. The van der Waals surface area contributed by atoms with E-state index in [1.165, 1.54) is 12.8 Å². The van der Waals surface area contributed by atoms with Crippen LogP contribution >= 0.6 is 11.8 Å². The van der Waals surface area contributed by atoms with Crippen molar-refractivity contribution in [3.8, 4) is 0 Å². The van der Waals surface area contributed by atoms with Gasteiger partial charge >= 0.3 is 0 Å². The van der Waals surface area contributed by atoms with Crippen LogP contribution in [0, 0.1) is 0 Å². The number of hydrogen-bond acceptors (Lipinski definition) is 7. The van der Waals surface area contributed by atoms with Gasteiger partial charge in [-0.1, -0.05) is 12.2 Å². The Hall–Kier alpha value is -1.38. The average Bonchev–Trinajstić information content (AvgIpc) is 2.70. The lowest BCUT2D eigenvalue weighted by molar-refractivity contribution is 0.122. The molecule has 0 spiro atoms. The van der Waals surface area contributed by atoms with Crippen LogP contribution in [0.25, 0.3) is 0 Å². The third-order valence-electron chi connectivity index (χ3n) is 5.37. The van der Waals surface area contributed by atoms with E-state index in [1.54, 1.807) is 0 Å². The fourth-order valence-electron chi connectivity index (χ4n) is 3.92. The minimum absolute atomic E-state index is 0.125. The number of anilines is 1. The summed E-state index contributed by atoms with van der Waals surface area (Å²) >= 11 is 2.05. The lowest BCUT2D eigenvalue weighted by atomic mass is 9.97. The summed E-state index contributed by atoms with van der Waals surface area (Å²) in [5.41, 5.74) is -0.125. The Balaban J connectivity index is 1.49. The van der Waals surface area contributed by atoms with Crippen molar-refractivity contribution in [3.63, 3.8) is 0 Å². The lowest BCUT2D eigenvalue weighted by Crippen LogP contribution is -2.42. The Bertz CT molecular complexity index is 688. The van der Waals surface area contributed by atoms with Crippen LogP contribution in [-0.2, 0) is 4.74 Å². The number of H-pyrrole nitrogens is 1. The van der Waals surface area contributed by atoms with E-state index in [-0.39, 0.29) is 11.5 Å². The predicted octanol–water partition coefficient (Wildman–Crippen LogP) is 1.29. The van der Waals surface area contributed by atoms with Crippen molar-refractivity contribution in [2.24, 2.45) is 0 Å². The predicted molar refractivity (Wildman–Crippen MR) is 104 cm³/mol. The normalized spacial score (nSPS) is 29.7. The second-order valence-corrected chi connectivity index (χ2v) is 8.69. The van der Waals surface area contributed by atoms with E-state index < -0.39 is 0 Å². The van der Waals surface area contributed by atoms with E-state index in [2.05, 4.69) is 44.4 Å². The van der Waals surface area contributed by atoms with Crippen molar-refractivity contribution in [1.29, 1.82) is 0 Å². The van der Waals surface area contributed by atoms with Gasteiger partial charge in [-0.2, -0.15) is 11.8 Å². The van der Waals surface area contributed by atoms with Crippen LogP contribution < -0.4 is 15.8 Å². The molecular formula is C18H27N5O2S. The van der Waals surface area contributed by atoms with E-state index >= 15 is 0 Å². The van der Waals surface area contributed by atoms with Crippen molar-refractivity contribution in [2.45, 2.75) is 42.1 Å². The van der Waals surface area contributed by atoms with Gasteiger partial charge in [0.1, 0.15) is 5.82 Å². The number of ether oxygens (including phenoxy) is 1. The highest BCUT2D eigenvalue weighted by Gasteiger charge is 2.32. The molecule has 1 aliphatic carbocycles. The number of aromatic nitrogens is 3. The average molecular weight is 378 g/mol. The zero-order valence-corrected chi connectivity index (χ0v) is 15.8. The summed E-state index contributed by atoms with van der Waals surface area (Å²) in [7, 11) is 0. The molecule has 3 atom stereocenters. The molecule has 1 aromatic rings. The molecule has 2 saturated heterocycles. The van der Waals surface area contributed by atoms with Gasteiger partial charge in [0.15, 0.2) is 0 Å². The molecule has 0 radical (unpaired) electrons. The largest absolute Gasteiger partial charge is 0.378 e. The molecule has 1 aromatic heterocycles. The third kappa shape index (κ3) is 4.13. The zero-order valence-electron chi connectivity index (χ0n) is 15.0. The molecule has 0 saturated carbocycles. The maximum absolute atomic E-state index is 12.6. The van der Waals surface area contributed by atoms with Crippen LogP contribution in [-0.4, -0.2) is 65.1 Å². The van der Waals surface area contributed by atoms with Gasteiger partial charge in [0.05, 0.1) is 13.2 Å². The zero-order chi connectivity index (χ0) is 17.8. The first-order valence-corrected chi connectivity index (χ1v) is 10.6. The molecule has 3 unspecified atom stereocenters. The van der Waals surface area contributed by atoms with Crippen LogP contribution in [0.1, 0.15) is 37.4 Å². The first-order chi connectivity index (χ1) is 12.8. The topological polar surface area (TPSA) is 83.1 Å². The standard InChI is InChI=1S/C18H27N5O2S/c24-18-17(23-8-10-25-11-9-23)22-21-16(20-18)14-6-7-19-12-15(14)26-13-4-2-1-3-5-13/h1-2,13-15,19H,3-12H2,(H,20,21,24). The molecule has 0 amide bonds. The molecule has 8 heteroatoms. The van der Waals surface area contributed by atoms with E-state index in [0.29, 0.717) is 42.6 Å². The van der Waals surface area contributed by atoms with E-state index in [9.17, 15) is 4.79 Å². The first-order valence-electron chi connectivity index (χ1n) is 9.62. The maximum atomic E-state index is 12.6. The molecule has 0 aromatic carbocycles. The molecule has 7 nitrogen and oxygen atoms in total. The van der Waals surface area contributed by atoms with Gasteiger partial charge in [-0.15, -0.1) is 10.2 Å². The minimum atomic E-state index is -0.125. The fourth-order valence-corrected chi connectivity index (χ4v) is 5.57. The number of aromatic amines is 1. The van der Waals surface area contributed by atoms with Gasteiger partial charge in [-0.25, -0.2) is 0 Å². The lowest BCUT2D eigenvalue weighted by Gasteiger charge is -2.34. The Labute approximate surface area is 158 Å². The Morgan fingerprint density at radius 3 is 2.85 bits per heavy atom. The summed E-state index contributed by atoms with van der Waals surface area (Å²) in [5.74, 6) is 1.43. The maximum Gasteiger partial charge on any atom is 0.294 e. The number of rotatable bonds is 4. The second kappa shape index (κ2) is 8.54. The van der Waals surface area contributed by atoms with Crippen LogP contribution in [0.15, 0.2) is 16.9 Å². The monoisotopic (exact) mass is 377 g/mol. The molecule has 2 N–H and O–H groups in total. The Kier molecular flexibility index (Phi) is 5.91. The fraction of sp³-hybridized carbons (Fsp3) is 0.722. The number of hydrogen-bond donors (Lipinski definition) is 2. The van der Waals surface area contributed by atoms with Crippen LogP contribution in [0.5, 0.6) is 0 Å².